The number of hydrogen-bond donors (Lipinski definition) is 1. The maximum absolute atomic E-state index is 6.11. The standard InChI is InChI=1S/C12H16Cl2N2S/c1-8(12(15)17)6-16(2)7-9-3-4-10(13)5-11(9)14/h3-5,8H,6-7H2,1-2H3,(H2,15,17). The molecule has 0 aliphatic carbocycles. The zero-order chi connectivity index (χ0) is 13.0. The molecule has 17 heavy (non-hydrogen) atoms. The monoisotopic (exact) mass is 290 g/mol. The minimum atomic E-state index is 0.195. The van der Waals surface area contributed by atoms with E-state index in [-0.39, 0.29) is 5.92 Å². The summed E-state index contributed by atoms with van der Waals surface area (Å²) in [7, 11) is 2.01. The highest BCUT2D eigenvalue weighted by molar-refractivity contribution is 7.80. The molecule has 0 spiro atoms. The molecule has 0 aliphatic heterocycles. The van der Waals surface area contributed by atoms with E-state index in [0.29, 0.717) is 15.0 Å². The molecule has 0 bridgehead atoms. The first kappa shape index (κ1) is 14.7. The van der Waals surface area contributed by atoms with Crippen LogP contribution in [0.15, 0.2) is 18.2 Å². The highest BCUT2D eigenvalue weighted by Gasteiger charge is 2.10. The maximum Gasteiger partial charge on any atom is 0.0768 e. The Hall–Kier alpha value is -0.350. The minimum Gasteiger partial charge on any atom is -0.393 e. The van der Waals surface area contributed by atoms with E-state index in [1.807, 2.05) is 26.1 Å². The Morgan fingerprint density at radius 1 is 1.47 bits per heavy atom. The lowest BCUT2D eigenvalue weighted by Crippen LogP contribution is -2.31. The molecule has 0 saturated heterocycles. The van der Waals surface area contributed by atoms with Gasteiger partial charge in [0.15, 0.2) is 0 Å². The molecule has 0 amide bonds. The van der Waals surface area contributed by atoms with Crippen LogP contribution in [-0.4, -0.2) is 23.5 Å². The number of halogens is 2. The molecule has 1 unspecified atom stereocenters. The lowest BCUT2D eigenvalue weighted by atomic mass is 10.1. The minimum absolute atomic E-state index is 0.195. The number of nitrogens with two attached hydrogens (primary N) is 1. The molecule has 5 heteroatoms. The summed E-state index contributed by atoms with van der Waals surface area (Å²) in [4.78, 5) is 2.68. The van der Waals surface area contributed by atoms with E-state index in [9.17, 15) is 0 Å². The van der Waals surface area contributed by atoms with Gasteiger partial charge in [-0.25, -0.2) is 0 Å². The lowest BCUT2D eigenvalue weighted by Gasteiger charge is -2.21. The Morgan fingerprint density at radius 3 is 2.65 bits per heavy atom. The number of thiocarbonyl (C=S) groups is 1. The highest BCUT2D eigenvalue weighted by Crippen LogP contribution is 2.22. The molecule has 0 radical (unpaired) electrons. The van der Waals surface area contributed by atoms with Gasteiger partial charge in [0, 0.05) is 29.1 Å². The summed E-state index contributed by atoms with van der Waals surface area (Å²) < 4.78 is 0. The molecule has 1 aromatic carbocycles. The van der Waals surface area contributed by atoms with Crippen molar-refractivity contribution in [2.75, 3.05) is 13.6 Å². The Balaban J connectivity index is 2.62. The van der Waals surface area contributed by atoms with Gasteiger partial charge in [-0.05, 0) is 24.7 Å². The van der Waals surface area contributed by atoms with Crippen molar-refractivity contribution in [1.29, 1.82) is 0 Å². The second kappa shape index (κ2) is 6.55. The second-order valence-corrected chi connectivity index (χ2v) is 5.55. The van der Waals surface area contributed by atoms with Gasteiger partial charge in [0.1, 0.15) is 0 Å². The average molecular weight is 291 g/mol. The summed E-state index contributed by atoms with van der Waals surface area (Å²) in [6.45, 7) is 3.58. The van der Waals surface area contributed by atoms with Crippen LogP contribution in [0, 0.1) is 5.92 Å². The van der Waals surface area contributed by atoms with Crippen molar-refractivity contribution in [1.82, 2.24) is 4.90 Å². The Morgan fingerprint density at radius 2 is 2.12 bits per heavy atom. The van der Waals surface area contributed by atoms with Crippen LogP contribution < -0.4 is 5.73 Å². The van der Waals surface area contributed by atoms with Crippen LogP contribution in [0.25, 0.3) is 0 Å². The first-order valence-corrected chi connectivity index (χ1v) is 6.48. The number of benzene rings is 1. The third-order valence-electron chi connectivity index (χ3n) is 2.53. The first-order chi connectivity index (χ1) is 7.90. The van der Waals surface area contributed by atoms with Crippen molar-refractivity contribution in [3.05, 3.63) is 33.8 Å². The summed E-state index contributed by atoms with van der Waals surface area (Å²) in [5.41, 5.74) is 6.64. The molecule has 2 nitrogen and oxygen atoms in total. The predicted molar refractivity (Wildman–Crippen MR) is 78.7 cm³/mol. The number of nitrogens with zero attached hydrogens (tertiary/aromatic N) is 1. The summed E-state index contributed by atoms with van der Waals surface area (Å²) in [6.07, 6.45) is 0. The average Bonchev–Trinajstić information content (AvgIpc) is 2.22. The van der Waals surface area contributed by atoms with E-state index in [4.69, 9.17) is 41.2 Å². The van der Waals surface area contributed by atoms with Crippen LogP contribution in [0.3, 0.4) is 0 Å². The molecule has 1 atom stereocenters. The van der Waals surface area contributed by atoms with Gasteiger partial charge in [-0.2, -0.15) is 0 Å². The molecule has 1 aromatic rings. The van der Waals surface area contributed by atoms with Gasteiger partial charge in [0.05, 0.1) is 4.99 Å². The Kier molecular flexibility index (Phi) is 5.67. The van der Waals surface area contributed by atoms with Crippen LogP contribution in [-0.2, 0) is 6.54 Å². The van der Waals surface area contributed by atoms with Gasteiger partial charge >= 0.3 is 0 Å². The predicted octanol–water partition coefficient (Wildman–Crippen LogP) is 3.35. The molecule has 2 N–H and O–H groups in total. The fraction of sp³-hybridized carbons (Fsp3) is 0.417. The lowest BCUT2D eigenvalue weighted by molar-refractivity contribution is 0.308. The SMILES string of the molecule is CC(CN(C)Cc1ccc(Cl)cc1Cl)C(N)=S. The van der Waals surface area contributed by atoms with Crippen molar-refractivity contribution < 1.29 is 0 Å². The van der Waals surface area contributed by atoms with Crippen molar-refractivity contribution in [2.45, 2.75) is 13.5 Å². The molecule has 1 rings (SSSR count). The summed E-state index contributed by atoms with van der Waals surface area (Å²) in [5, 5.41) is 1.34. The Bertz CT molecular complexity index is 409. The third-order valence-corrected chi connectivity index (χ3v) is 3.52. The largest absolute Gasteiger partial charge is 0.393 e. The van der Waals surface area contributed by atoms with E-state index < -0.39 is 0 Å². The second-order valence-electron chi connectivity index (χ2n) is 4.24. The topological polar surface area (TPSA) is 29.3 Å². The van der Waals surface area contributed by atoms with Gasteiger partial charge < -0.3 is 10.6 Å². The molecule has 0 fully saturated rings. The van der Waals surface area contributed by atoms with Crippen LogP contribution in [0.1, 0.15) is 12.5 Å². The van der Waals surface area contributed by atoms with Crippen molar-refractivity contribution in [3.8, 4) is 0 Å². The highest BCUT2D eigenvalue weighted by atomic mass is 35.5. The van der Waals surface area contributed by atoms with Gasteiger partial charge in [-0.1, -0.05) is 48.4 Å². The van der Waals surface area contributed by atoms with Gasteiger partial charge in [0.25, 0.3) is 0 Å². The first-order valence-electron chi connectivity index (χ1n) is 5.32. The van der Waals surface area contributed by atoms with E-state index in [1.54, 1.807) is 6.07 Å². The number of rotatable bonds is 5. The molecule has 0 heterocycles. The van der Waals surface area contributed by atoms with Crippen molar-refractivity contribution >= 4 is 40.4 Å². The van der Waals surface area contributed by atoms with Crippen LogP contribution in [0.2, 0.25) is 10.0 Å². The van der Waals surface area contributed by atoms with E-state index in [1.165, 1.54) is 0 Å². The molecular weight excluding hydrogens is 275 g/mol. The summed E-state index contributed by atoms with van der Waals surface area (Å²) in [6, 6.07) is 5.53. The van der Waals surface area contributed by atoms with Crippen molar-refractivity contribution in [2.24, 2.45) is 11.7 Å². The normalized spacial score (nSPS) is 12.8. The molecular formula is C12H16Cl2N2S. The zero-order valence-electron chi connectivity index (χ0n) is 9.91. The summed E-state index contributed by atoms with van der Waals surface area (Å²) in [5.74, 6) is 0.195. The van der Waals surface area contributed by atoms with Gasteiger partial charge in [-0.3, -0.25) is 0 Å². The van der Waals surface area contributed by atoms with Gasteiger partial charge in [0.2, 0.25) is 0 Å². The fourth-order valence-electron chi connectivity index (χ4n) is 1.56. The molecule has 0 saturated carbocycles. The van der Waals surface area contributed by atoms with Gasteiger partial charge in [-0.15, -0.1) is 0 Å². The third kappa shape index (κ3) is 4.80. The van der Waals surface area contributed by atoms with Crippen LogP contribution in [0.5, 0.6) is 0 Å². The summed E-state index contributed by atoms with van der Waals surface area (Å²) >= 11 is 16.9. The number of hydrogen-bond acceptors (Lipinski definition) is 2. The van der Waals surface area contributed by atoms with E-state index in [2.05, 4.69) is 4.90 Å². The smallest absolute Gasteiger partial charge is 0.0768 e. The van der Waals surface area contributed by atoms with Crippen LogP contribution >= 0.6 is 35.4 Å². The molecule has 94 valence electrons. The van der Waals surface area contributed by atoms with E-state index >= 15 is 0 Å². The maximum atomic E-state index is 6.11. The quantitative estimate of drug-likeness (QED) is 0.844. The fourth-order valence-corrected chi connectivity index (χ4v) is 2.11. The molecule has 0 aliphatic rings. The van der Waals surface area contributed by atoms with Crippen LogP contribution in [0.4, 0.5) is 0 Å². The molecule has 0 aromatic heterocycles. The zero-order valence-corrected chi connectivity index (χ0v) is 12.2. The van der Waals surface area contributed by atoms with Crippen molar-refractivity contribution in [3.63, 3.8) is 0 Å². The van der Waals surface area contributed by atoms with E-state index in [0.717, 1.165) is 18.7 Å². The Labute approximate surface area is 118 Å².